The van der Waals surface area contributed by atoms with E-state index in [1.54, 1.807) is 17.0 Å². The summed E-state index contributed by atoms with van der Waals surface area (Å²) in [5.41, 5.74) is 3.03. The lowest BCUT2D eigenvalue weighted by Crippen LogP contribution is -2.35. The van der Waals surface area contributed by atoms with Gasteiger partial charge in [-0.15, -0.1) is 0 Å². The fourth-order valence-corrected chi connectivity index (χ4v) is 4.05. The summed E-state index contributed by atoms with van der Waals surface area (Å²) >= 11 is 0. The smallest absolute Gasteiger partial charge is 0.280 e. The second kappa shape index (κ2) is 7.02. The van der Waals surface area contributed by atoms with Crippen molar-refractivity contribution in [1.29, 1.82) is 0 Å². The van der Waals surface area contributed by atoms with E-state index in [1.807, 2.05) is 49.4 Å². The second-order valence-electron chi connectivity index (χ2n) is 7.38. The third kappa shape index (κ3) is 2.85. The van der Waals surface area contributed by atoms with Crippen LogP contribution in [0.2, 0.25) is 0 Å². The highest BCUT2D eigenvalue weighted by atomic mass is 19.3. The van der Waals surface area contributed by atoms with Crippen LogP contribution in [-0.4, -0.2) is 26.5 Å². The number of aromatic nitrogens is 3. The molecule has 30 heavy (non-hydrogen) atoms. The number of carbonyl (C=O) groups is 1. The number of para-hydroxylation sites is 1. The van der Waals surface area contributed by atoms with Gasteiger partial charge >= 0.3 is 0 Å². The van der Waals surface area contributed by atoms with Crippen molar-refractivity contribution < 1.29 is 13.6 Å². The van der Waals surface area contributed by atoms with Crippen LogP contribution in [0.25, 0.3) is 16.9 Å². The predicted molar refractivity (Wildman–Crippen MR) is 110 cm³/mol. The maximum absolute atomic E-state index is 13.8. The quantitative estimate of drug-likeness (QED) is 0.487. The van der Waals surface area contributed by atoms with Gasteiger partial charge in [-0.2, -0.15) is 5.10 Å². The van der Waals surface area contributed by atoms with Gasteiger partial charge in [0.05, 0.1) is 11.9 Å². The van der Waals surface area contributed by atoms with E-state index < -0.39 is 6.43 Å². The molecule has 1 atom stereocenters. The molecule has 7 heteroatoms. The molecule has 1 amide bonds. The van der Waals surface area contributed by atoms with Gasteiger partial charge in [-0.3, -0.25) is 4.79 Å². The van der Waals surface area contributed by atoms with Gasteiger partial charge in [0.1, 0.15) is 11.3 Å². The lowest BCUT2D eigenvalue weighted by molar-refractivity contribution is 0.0982. The first-order chi connectivity index (χ1) is 14.5. The molecule has 0 spiro atoms. The minimum Gasteiger partial charge on any atom is -0.305 e. The number of anilines is 1. The van der Waals surface area contributed by atoms with Gasteiger partial charge in [-0.1, -0.05) is 48.5 Å². The molecule has 0 fully saturated rings. The number of hydrogen-bond acceptors (Lipinski definition) is 3. The normalized spacial score (nSPS) is 15.7. The lowest BCUT2D eigenvalue weighted by atomic mass is 10.1. The molecule has 0 radical (unpaired) electrons. The number of fused-ring (bicyclic) bond motifs is 2. The number of carbonyl (C=O) groups excluding carboxylic acids is 1. The first-order valence-electron chi connectivity index (χ1n) is 9.68. The fraction of sp³-hybridized carbons (Fsp3) is 0.174. The van der Waals surface area contributed by atoms with Crippen molar-refractivity contribution in [2.45, 2.75) is 25.8 Å². The molecule has 2 aromatic carbocycles. The van der Waals surface area contributed by atoms with Crippen LogP contribution in [0.15, 0.2) is 66.9 Å². The van der Waals surface area contributed by atoms with Crippen molar-refractivity contribution in [3.63, 3.8) is 0 Å². The van der Waals surface area contributed by atoms with E-state index in [9.17, 15) is 13.6 Å². The summed E-state index contributed by atoms with van der Waals surface area (Å²) in [5, 5.41) is 4.07. The largest absolute Gasteiger partial charge is 0.305 e. The average molecular weight is 404 g/mol. The van der Waals surface area contributed by atoms with Crippen molar-refractivity contribution in [3.05, 3.63) is 83.7 Å². The number of alkyl halides is 2. The Morgan fingerprint density at radius 3 is 2.60 bits per heavy atom. The maximum atomic E-state index is 13.8. The van der Waals surface area contributed by atoms with Gasteiger partial charge in [0, 0.05) is 17.3 Å². The molecule has 0 saturated heterocycles. The molecule has 3 heterocycles. The summed E-state index contributed by atoms with van der Waals surface area (Å²) in [5.74, 6) is -0.291. The first kappa shape index (κ1) is 18.4. The Balaban J connectivity index is 1.67. The van der Waals surface area contributed by atoms with E-state index in [0.29, 0.717) is 11.3 Å². The van der Waals surface area contributed by atoms with Gasteiger partial charge < -0.3 is 4.90 Å². The summed E-state index contributed by atoms with van der Waals surface area (Å²) in [6.45, 7) is 1.97. The average Bonchev–Trinajstić information content (AvgIpc) is 3.33. The Morgan fingerprint density at radius 1 is 1.10 bits per heavy atom. The summed E-state index contributed by atoms with van der Waals surface area (Å²) in [6.07, 6.45) is -0.683. The molecule has 150 valence electrons. The highest BCUT2D eigenvalue weighted by molar-refractivity contribution is 6.11. The highest BCUT2D eigenvalue weighted by Gasteiger charge is 2.33. The Kier molecular flexibility index (Phi) is 4.31. The Morgan fingerprint density at radius 2 is 1.83 bits per heavy atom. The van der Waals surface area contributed by atoms with Crippen LogP contribution < -0.4 is 4.90 Å². The Labute approximate surface area is 171 Å². The number of amides is 1. The molecule has 1 unspecified atom stereocenters. The molecule has 1 aliphatic rings. The summed E-state index contributed by atoms with van der Waals surface area (Å²) in [6, 6.07) is 18.1. The predicted octanol–water partition coefficient (Wildman–Crippen LogP) is 4.93. The Bertz CT molecular complexity index is 1250. The first-order valence-corrected chi connectivity index (χ1v) is 9.68. The monoisotopic (exact) mass is 404 g/mol. The minimum atomic E-state index is -2.76. The number of nitrogens with zero attached hydrogens (tertiary/aromatic N) is 4. The molecule has 0 saturated carbocycles. The third-order valence-electron chi connectivity index (χ3n) is 5.45. The van der Waals surface area contributed by atoms with Crippen molar-refractivity contribution in [3.8, 4) is 11.3 Å². The van der Waals surface area contributed by atoms with Crippen molar-refractivity contribution in [2.24, 2.45) is 0 Å². The molecule has 5 nitrogen and oxygen atoms in total. The highest BCUT2D eigenvalue weighted by Crippen LogP contribution is 2.34. The number of halogens is 2. The van der Waals surface area contributed by atoms with Crippen molar-refractivity contribution >= 4 is 17.2 Å². The van der Waals surface area contributed by atoms with Gasteiger partial charge in [0.2, 0.25) is 0 Å². The van der Waals surface area contributed by atoms with E-state index in [4.69, 9.17) is 0 Å². The van der Waals surface area contributed by atoms with Crippen LogP contribution >= 0.6 is 0 Å². The van der Waals surface area contributed by atoms with Gasteiger partial charge in [0.15, 0.2) is 5.65 Å². The van der Waals surface area contributed by atoms with E-state index >= 15 is 0 Å². The minimum absolute atomic E-state index is 0.0447. The van der Waals surface area contributed by atoms with E-state index in [-0.39, 0.29) is 28.9 Å². The van der Waals surface area contributed by atoms with E-state index in [0.717, 1.165) is 22.2 Å². The number of benzene rings is 2. The molecule has 0 aliphatic carbocycles. The standard InChI is InChI=1S/C23H18F2N4O/c1-14-11-16-9-5-6-10-19(16)28(14)23(30)17-13-26-29-20(21(24)25)12-18(27-22(17)29)15-7-3-2-4-8-15/h2-10,12-14,21H,11H2,1H3. The van der Waals surface area contributed by atoms with Gasteiger partial charge in [-0.05, 0) is 31.0 Å². The zero-order valence-electron chi connectivity index (χ0n) is 16.2. The summed E-state index contributed by atoms with van der Waals surface area (Å²) in [4.78, 5) is 19.7. The number of hydrogen-bond donors (Lipinski definition) is 0. The fourth-order valence-electron chi connectivity index (χ4n) is 4.05. The van der Waals surface area contributed by atoms with Crippen molar-refractivity contribution in [2.75, 3.05) is 4.90 Å². The zero-order valence-corrected chi connectivity index (χ0v) is 16.2. The second-order valence-corrected chi connectivity index (χ2v) is 7.38. The molecule has 0 N–H and O–H groups in total. The van der Waals surface area contributed by atoms with Crippen molar-refractivity contribution in [1.82, 2.24) is 14.6 Å². The summed E-state index contributed by atoms with van der Waals surface area (Å²) in [7, 11) is 0. The van der Waals surface area contributed by atoms with E-state index in [2.05, 4.69) is 10.1 Å². The Hall–Kier alpha value is -3.61. The molecule has 4 aromatic rings. The maximum Gasteiger partial charge on any atom is 0.280 e. The SMILES string of the molecule is CC1Cc2ccccc2N1C(=O)c1cnn2c(C(F)F)cc(-c3ccccc3)nc12. The molecule has 5 rings (SSSR count). The lowest BCUT2D eigenvalue weighted by Gasteiger charge is -2.22. The van der Waals surface area contributed by atoms with E-state index in [1.165, 1.54) is 12.3 Å². The molecular weight excluding hydrogens is 386 g/mol. The molecular formula is C23H18F2N4O. The summed E-state index contributed by atoms with van der Waals surface area (Å²) < 4.78 is 28.6. The topological polar surface area (TPSA) is 50.5 Å². The van der Waals surface area contributed by atoms with Crippen LogP contribution in [0.5, 0.6) is 0 Å². The van der Waals surface area contributed by atoms with Gasteiger partial charge in [0.25, 0.3) is 12.3 Å². The van der Waals surface area contributed by atoms with Crippen LogP contribution in [-0.2, 0) is 6.42 Å². The van der Waals surface area contributed by atoms with Gasteiger partial charge in [-0.25, -0.2) is 18.3 Å². The van der Waals surface area contributed by atoms with Crippen LogP contribution in [0.1, 0.15) is 35.0 Å². The van der Waals surface area contributed by atoms with Crippen LogP contribution in [0.4, 0.5) is 14.5 Å². The number of rotatable bonds is 3. The molecule has 1 aliphatic heterocycles. The third-order valence-corrected chi connectivity index (χ3v) is 5.45. The zero-order chi connectivity index (χ0) is 20.8. The molecule has 2 aromatic heterocycles. The van der Waals surface area contributed by atoms with Crippen LogP contribution in [0, 0.1) is 0 Å². The van der Waals surface area contributed by atoms with Crippen LogP contribution in [0.3, 0.4) is 0 Å². The molecule has 0 bridgehead atoms.